The highest BCUT2D eigenvalue weighted by Crippen LogP contribution is 2.28. The first kappa shape index (κ1) is 17.6. The number of halogens is 2. The van der Waals surface area contributed by atoms with Crippen molar-refractivity contribution in [2.45, 2.75) is 5.92 Å². The Kier molecular flexibility index (Phi) is 7.09. The van der Waals surface area contributed by atoms with Crippen molar-refractivity contribution >= 4 is 34.8 Å². The molecule has 1 fully saturated rings. The summed E-state index contributed by atoms with van der Waals surface area (Å²) in [5.41, 5.74) is 1.07. The lowest BCUT2D eigenvalue weighted by Crippen LogP contribution is -2.27. The number of nitrogens with zero attached hydrogens (tertiary/aromatic N) is 1. The second kappa shape index (κ2) is 7.25. The summed E-state index contributed by atoms with van der Waals surface area (Å²) < 4.78 is 22.2. The molecule has 2 heterocycles. The molecule has 0 aliphatic carbocycles. The van der Waals surface area contributed by atoms with E-state index in [4.69, 9.17) is 5.14 Å². The van der Waals surface area contributed by atoms with E-state index in [9.17, 15) is 8.42 Å². The van der Waals surface area contributed by atoms with Crippen molar-refractivity contribution in [1.29, 1.82) is 0 Å². The summed E-state index contributed by atoms with van der Waals surface area (Å²) in [7, 11) is -3.41. The molecule has 0 radical (unpaired) electrons. The van der Waals surface area contributed by atoms with Gasteiger partial charge in [-0.15, -0.1) is 24.8 Å². The molecule has 18 heavy (non-hydrogen) atoms. The minimum absolute atomic E-state index is 0. The highest BCUT2D eigenvalue weighted by Gasteiger charge is 2.31. The zero-order valence-corrected chi connectivity index (χ0v) is 12.1. The lowest BCUT2D eigenvalue weighted by Gasteiger charge is -2.17. The predicted octanol–water partition coefficient (Wildman–Crippen LogP) is 0.517. The molecule has 104 valence electrons. The molecular formula is C10H17Cl2N3O2S. The third-order valence-electron chi connectivity index (χ3n) is 2.90. The highest BCUT2D eigenvalue weighted by molar-refractivity contribution is 7.89. The number of primary sulfonamides is 1. The van der Waals surface area contributed by atoms with Gasteiger partial charge in [0, 0.05) is 24.9 Å². The van der Waals surface area contributed by atoms with Crippen LogP contribution in [0.5, 0.6) is 0 Å². The van der Waals surface area contributed by atoms with Gasteiger partial charge in [0.25, 0.3) is 0 Å². The molecular weight excluding hydrogens is 297 g/mol. The first-order valence-electron chi connectivity index (χ1n) is 5.17. The van der Waals surface area contributed by atoms with Gasteiger partial charge < -0.3 is 5.32 Å². The lowest BCUT2D eigenvalue weighted by molar-refractivity contribution is 0.542. The molecule has 1 aromatic heterocycles. The van der Waals surface area contributed by atoms with E-state index in [-0.39, 0.29) is 42.4 Å². The number of rotatable bonds is 3. The molecule has 1 aliphatic rings. The zero-order chi connectivity index (χ0) is 11.6. The van der Waals surface area contributed by atoms with E-state index >= 15 is 0 Å². The Morgan fingerprint density at radius 3 is 2.67 bits per heavy atom. The maximum absolute atomic E-state index is 11.1. The Labute approximate surface area is 119 Å². The van der Waals surface area contributed by atoms with Gasteiger partial charge in [-0.05, 0) is 24.1 Å². The van der Waals surface area contributed by atoms with Gasteiger partial charge in [-0.1, -0.05) is 6.07 Å². The number of aromatic nitrogens is 1. The van der Waals surface area contributed by atoms with Crippen LogP contribution < -0.4 is 10.5 Å². The highest BCUT2D eigenvalue weighted by atomic mass is 35.5. The molecule has 3 N–H and O–H groups in total. The van der Waals surface area contributed by atoms with Crippen LogP contribution in [0.15, 0.2) is 24.5 Å². The molecule has 0 spiro atoms. The Morgan fingerprint density at radius 1 is 1.39 bits per heavy atom. The van der Waals surface area contributed by atoms with Crippen molar-refractivity contribution in [2.24, 2.45) is 11.1 Å². The number of nitrogens with one attached hydrogen (secondary N) is 1. The van der Waals surface area contributed by atoms with E-state index in [1.165, 1.54) is 0 Å². The Morgan fingerprint density at radius 2 is 2.11 bits per heavy atom. The SMILES string of the molecule is Cl.Cl.NS(=O)(=O)CC1CNCC1c1cccnc1. The van der Waals surface area contributed by atoms with Crippen molar-refractivity contribution < 1.29 is 8.42 Å². The quantitative estimate of drug-likeness (QED) is 0.852. The summed E-state index contributed by atoms with van der Waals surface area (Å²) >= 11 is 0. The fourth-order valence-electron chi connectivity index (χ4n) is 2.19. The van der Waals surface area contributed by atoms with Crippen LogP contribution in [0.25, 0.3) is 0 Å². The number of hydrogen-bond donors (Lipinski definition) is 2. The molecule has 2 unspecified atom stereocenters. The van der Waals surface area contributed by atoms with Gasteiger partial charge in [0.05, 0.1) is 5.75 Å². The molecule has 0 aromatic carbocycles. The Bertz CT molecular complexity index is 455. The molecule has 8 heteroatoms. The van der Waals surface area contributed by atoms with Crippen LogP contribution in [0.4, 0.5) is 0 Å². The third-order valence-corrected chi connectivity index (χ3v) is 3.79. The summed E-state index contributed by atoms with van der Waals surface area (Å²) in [5.74, 6) is 0.255. The first-order valence-corrected chi connectivity index (χ1v) is 6.89. The van der Waals surface area contributed by atoms with Crippen LogP contribution in [-0.4, -0.2) is 32.2 Å². The molecule has 0 bridgehead atoms. The molecule has 2 rings (SSSR count). The molecule has 1 aromatic rings. The zero-order valence-electron chi connectivity index (χ0n) is 9.65. The molecule has 0 saturated carbocycles. The van der Waals surface area contributed by atoms with Gasteiger partial charge in [-0.3, -0.25) is 4.98 Å². The molecule has 2 atom stereocenters. The van der Waals surface area contributed by atoms with Crippen LogP contribution in [0.2, 0.25) is 0 Å². The number of sulfonamides is 1. The van der Waals surface area contributed by atoms with E-state index in [0.29, 0.717) is 6.54 Å². The Balaban J connectivity index is 0.00000144. The second-order valence-corrected chi connectivity index (χ2v) is 5.80. The van der Waals surface area contributed by atoms with Gasteiger partial charge in [0.15, 0.2) is 0 Å². The van der Waals surface area contributed by atoms with Gasteiger partial charge in [-0.2, -0.15) is 0 Å². The van der Waals surface area contributed by atoms with Gasteiger partial charge in [0.2, 0.25) is 10.0 Å². The van der Waals surface area contributed by atoms with Crippen molar-refractivity contribution in [3.05, 3.63) is 30.1 Å². The lowest BCUT2D eigenvalue weighted by atomic mass is 9.91. The van der Waals surface area contributed by atoms with Crippen molar-refractivity contribution in [3.63, 3.8) is 0 Å². The Hall–Kier alpha value is -0.400. The van der Waals surface area contributed by atoms with Crippen molar-refractivity contribution in [2.75, 3.05) is 18.8 Å². The monoisotopic (exact) mass is 313 g/mol. The third kappa shape index (κ3) is 4.70. The predicted molar refractivity (Wildman–Crippen MR) is 75.8 cm³/mol. The molecule has 1 aliphatic heterocycles. The maximum Gasteiger partial charge on any atom is 0.209 e. The minimum atomic E-state index is -3.41. The van der Waals surface area contributed by atoms with Gasteiger partial charge >= 0.3 is 0 Å². The number of hydrogen-bond acceptors (Lipinski definition) is 4. The topological polar surface area (TPSA) is 85.1 Å². The molecule has 1 saturated heterocycles. The fraction of sp³-hybridized carbons (Fsp3) is 0.500. The van der Waals surface area contributed by atoms with Gasteiger partial charge in [-0.25, -0.2) is 13.6 Å². The van der Waals surface area contributed by atoms with Crippen LogP contribution in [0.3, 0.4) is 0 Å². The van der Waals surface area contributed by atoms with Crippen LogP contribution in [0, 0.1) is 5.92 Å². The summed E-state index contributed by atoms with van der Waals surface area (Å²) in [6, 6.07) is 3.84. The molecule has 5 nitrogen and oxygen atoms in total. The van der Waals surface area contributed by atoms with Crippen LogP contribution in [-0.2, 0) is 10.0 Å². The maximum atomic E-state index is 11.1. The smallest absolute Gasteiger partial charge is 0.209 e. The fourth-order valence-corrected chi connectivity index (χ4v) is 3.14. The second-order valence-electron chi connectivity index (χ2n) is 4.14. The van der Waals surface area contributed by atoms with Crippen molar-refractivity contribution in [3.8, 4) is 0 Å². The summed E-state index contributed by atoms with van der Waals surface area (Å²) in [6.45, 7) is 1.47. The van der Waals surface area contributed by atoms with E-state index in [2.05, 4.69) is 10.3 Å². The first-order chi connectivity index (χ1) is 7.56. The summed E-state index contributed by atoms with van der Waals surface area (Å²) in [5, 5.41) is 8.28. The van der Waals surface area contributed by atoms with E-state index < -0.39 is 10.0 Å². The summed E-state index contributed by atoms with van der Waals surface area (Å²) in [4.78, 5) is 4.05. The number of pyridine rings is 1. The summed E-state index contributed by atoms with van der Waals surface area (Å²) in [6.07, 6.45) is 3.49. The normalized spacial score (nSPS) is 22.9. The van der Waals surface area contributed by atoms with Crippen LogP contribution in [0.1, 0.15) is 11.5 Å². The average Bonchev–Trinajstić information content (AvgIpc) is 2.64. The van der Waals surface area contributed by atoms with Crippen LogP contribution >= 0.6 is 24.8 Å². The van der Waals surface area contributed by atoms with E-state index in [1.54, 1.807) is 12.4 Å². The minimum Gasteiger partial charge on any atom is -0.316 e. The number of nitrogens with two attached hydrogens (primary N) is 1. The van der Waals surface area contributed by atoms with Gasteiger partial charge in [0.1, 0.15) is 0 Å². The van der Waals surface area contributed by atoms with Crippen molar-refractivity contribution in [1.82, 2.24) is 10.3 Å². The average molecular weight is 314 g/mol. The van der Waals surface area contributed by atoms with E-state index in [0.717, 1.165) is 12.1 Å². The molecule has 0 amide bonds. The largest absolute Gasteiger partial charge is 0.316 e. The van der Waals surface area contributed by atoms with E-state index in [1.807, 2.05) is 12.1 Å². The standard InChI is InChI=1S/C10H15N3O2S.2ClH/c11-16(14,15)7-9-5-13-6-10(9)8-2-1-3-12-4-8;;/h1-4,9-10,13H,5-7H2,(H2,11,14,15);2*1H.